The maximum Gasteiger partial charge on any atom is 0.232 e. The monoisotopic (exact) mass is 276 g/mol. The topological polar surface area (TPSA) is 54.4 Å². The van der Waals surface area contributed by atoms with Crippen LogP contribution in [0.15, 0.2) is 22.5 Å². The maximum atomic E-state index is 11.8. The van der Waals surface area contributed by atoms with Gasteiger partial charge in [-0.15, -0.1) is 0 Å². The average molecular weight is 276 g/mol. The molecule has 0 atom stereocenters. The van der Waals surface area contributed by atoms with Crippen LogP contribution in [0, 0.1) is 5.92 Å². The van der Waals surface area contributed by atoms with Gasteiger partial charge in [-0.1, -0.05) is 38.5 Å². The van der Waals surface area contributed by atoms with Crippen LogP contribution in [-0.4, -0.2) is 16.7 Å². The summed E-state index contributed by atoms with van der Waals surface area (Å²) < 4.78 is 0. The van der Waals surface area contributed by atoms with E-state index >= 15 is 0 Å². The van der Waals surface area contributed by atoms with E-state index < -0.39 is 11.6 Å². The number of ketones is 2. The third kappa shape index (κ3) is 3.02. The molecule has 3 heteroatoms. The van der Waals surface area contributed by atoms with Crippen molar-refractivity contribution in [2.75, 3.05) is 0 Å². The molecule has 2 aliphatic carbocycles. The van der Waals surface area contributed by atoms with Crippen molar-refractivity contribution in [3.05, 3.63) is 22.5 Å². The lowest BCUT2D eigenvalue weighted by Gasteiger charge is -2.22. The summed E-state index contributed by atoms with van der Waals surface area (Å²) in [6, 6.07) is 0. The summed E-state index contributed by atoms with van der Waals surface area (Å²) >= 11 is 0. The van der Waals surface area contributed by atoms with Crippen LogP contribution in [0.1, 0.15) is 65.2 Å². The van der Waals surface area contributed by atoms with Crippen molar-refractivity contribution in [3.63, 3.8) is 0 Å². The molecule has 1 saturated carbocycles. The van der Waals surface area contributed by atoms with E-state index in [-0.39, 0.29) is 11.3 Å². The van der Waals surface area contributed by atoms with Gasteiger partial charge in [-0.25, -0.2) is 0 Å². The summed E-state index contributed by atoms with van der Waals surface area (Å²) in [5.41, 5.74) is 1.32. The molecule has 2 rings (SSSR count). The summed E-state index contributed by atoms with van der Waals surface area (Å²) in [7, 11) is 0. The van der Waals surface area contributed by atoms with E-state index in [4.69, 9.17) is 0 Å². The van der Waals surface area contributed by atoms with Crippen molar-refractivity contribution in [3.8, 4) is 0 Å². The van der Waals surface area contributed by atoms with E-state index in [1.165, 1.54) is 39.0 Å². The molecule has 0 aromatic rings. The van der Waals surface area contributed by atoms with Crippen LogP contribution in [0.3, 0.4) is 0 Å². The van der Waals surface area contributed by atoms with E-state index in [0.29, 0.717) is 17.6 Å². The molecule has 110 valence electrons. The van der Waals surface area contributed by atoms with Crippen LogP contribution >= 0.6 is 0 Å². The Balaban J connectivity index is 1.97. The Morgan fingerprint density at radius 1 is 1.00 bits per heavy atom. The zero-order valence-corrected chi connectivity index (χ0v) is 12.5. The van der Waals surface area contributed by atoms with E-state index in [2.05, 4.69) is 0 Å². The minimum absolute atomic E-state index is 0.0377. The minimum Gasteiger partial charge on any atom is -0.507 e. The van der Waals surface area contributed by atoms with Gasteiger partial charge in [0.2, 0.25) is 11.6 Å². The Morgan fingerprint density at radius 3 is 2.25 bits per heavy atom. The fourth-order valence-electron chi connectivity index (χ4n) is 3.34. The summed E-state index contributed by atoms with van der Waals surface area (Å²) in [4.78, 5) is 23.4. The number of allylic oxidation sites excluding steroid dienone is 3. The van der Waals surface area contributed by atoms with E-state index in [9.17, 15) is 14.7 Å². The summed E-state index contributed by atoms with van der Waals surface area (Å²) in [5, 5.41) is 10.1. The average Bonchev–Trinajstić information content (AvgIpc) is 2.48. The second-order valence-electron chi connectivity index (χ2n) is 6.13. The van der Waals surface area contributed by atoms with Crippen molar-refractivity contribution < 1.29 is 14.7 Å². The lowest BCUT2D eigenvalue weighted by Crippen LogP contribution is -2.24. The quantitative estimate of drug-likeness (QED) is 0.623. The lowest BCUT2D eigenvalue weighted by molar-refractivity contribution is -0.132. The van der Waals surface area contributed by atoms with Gasteiger partial charge in [0.15, 0.2) is 0 Å². The normalized spacial score (nSPS) is 21.9. The highest BCUT2D eigenvalue weighted by Crippen LogP contribution is 2.31. The first kappa shape index (κ1) is 15.0. The molecule has 0 aliphatic heterocycles. The van der Waals surface area contributed by atoms with Crippen molar-refractivity contribution in [2.24, 2.45) is 5.92 Å². The van der Waals surface area contributed by atoms with Crippen molar-refractivity contribution in [1.29, 1.82) is 0 Å². The molecule has 0 unspecified atom stereocenters. The molecule has 0 heterocycles. The van der Waals surface area contributed by atoms with E-state index in [0.717, 1.165) is 18.8 Å². The van der Waals surface area contributed by atoms with Gasteiger partial charge in [0, 0.05) is 16.7 Å². The predicted molar refractivity (Wildman–Crippen MR) is 78.5 cm³/mol. The second-order valence-corrected chi connectivity index (χ2v) is 6.13. The minimum atomic E-state index is -0.559. The molecule has 0 aromatic heterocycles. The fourth-order valence-corrected chi connectivity index (χ4v) is 3.34. The Hall–Kier alpha value is -1.38. The Kier molecular flexibility index (Phi) is 4.79. The third-order valence-corrected chi connectivity index (χ3v) is 4.75. The van der Waals surface area contributed by atoms with Crippen LogP contribution in [0.2, 0.25) is 0 Å². The van der Waals surface area contributed by atoms with Crippen molar-refractivity contribution in [1.82, 2.24) is 0 Å². The highest BCUT2D eigenvalue weighted by molar-refractivity contribution is 6.50. The Morgan fingerprint density at radius 2 is 1.60 bits per heavy atom. The number of aliphatic hydroxyl groups is 1. The van der Waals surface area contributed by atoms with Crippen molar-refractivity contribution in [2.45, 2.75) is 65.2 Å². The van der Waals surface area contributed by atoms with Crippen LogP contribution in [0.5, 0.6) is 0 Å². The van der Waals surface area contributed by atoms with Gasteiger partial charge in [-0.2, -0.15) is 0 Å². The lowest BCUT2D eigenvalue weighted by atomic mass is 9.83. The van der Waals surface area contributed by atoms with Crippen LogP contribution in [0.25, 0.3) is 0 Å². The van der Waals surface area contributed by atoms with Gasteiger partial charge < -0.3 is 5.11 Å². The molecule has 3 nitrogen and oxygen atoms in total. The standard InChI is InChI=1S/C17H24O3/c1-11-14(15(18)12(2)17(20)16(11)19)10-6-9-13-7-4-3-5-8-13/h13,18H,3-10H2,1-2H3. The van der Waals surface area contributed by atoms with Crippen LogP contribution in [0.4, 0.5) is 0 Å². The highest BCUT2D eigenvalue weighted by atomic mass is 16.3. The summed E-state index contributed by atoms with van der Waals surface area (Å²) in [6.45, 7) is 3.18. The number of aliphatic hydroxyl groups excluding tert-OH is 1. The molecule has 0 spiro atoms. The van der Waals surface area contributed by atoms with Gasteiger partial charge >= 0.3 is 0 Å². The molecule has 0 aromatic carbocycles. The number of carbonyl (C=O) groups is 2. The first-order valence-electron chi connectivity index (χ1n) is 7.71. The van der Waals surface area contributed by atoms with Crippen LogP contribution < -0.4 is 0 Å². The first-order valence-corrected chi connectivity index (χ1v) is 7.71. The maximum absolute atomic E-state index is 11.8. The SMILES string of the molecule is CC1=C(O)C(CCCC2CCCCC2)=C(C)C(=O)C1=O. The van der Waals surface area contributed by atoms with Crippen molar-refractivity contribution >= 4 is 11.6 Å². The zero-order valence-electron chi connectivity index (χ0n) is 12.5. The Bertz CT molecular complexity index is 476. The fraction of sp³-hybridized carbons (Fsp3) is 0.647. The van der Waals surface area contributed by atoms with E-state index in [1.807, 2.05) is 0 Å². The molecule has 0 saturated heterocycles. The molecule has 20 heavy (non-hydrogen) atoms. The number of Topliss-reactive ketones (excluding diaryl/α,β-unsaturated/α-hetero) is 2. The number of hydrogen-bond acceptors (Lipinski definition) is 3. The zero-order chi connectivity index (χ0) is 14.7. The van der Waals surface area contributed by atoms with Gasteiger partial charge in [0.05, 0.1) is 0 Å². The molecular weight excluding hydrogens is 252 g/mol. The van der Waals surface area contributed by atoms with Gasteiger partial charge in [0.25, 0.3) is 0 Å². The molecular formula is C17H24O3. The summed E-state index contributed by atoms with van der Waals surface area (Å²) in [6.07, 6.45) is 9.51. The predicted octanol–water partition coefficient (Wildman–Crippen LogP) is 4.04. The molecule has 2 aliphatic rings. The number of rotatable bonds is 4. The smallest absolute Gasteiger partial charge is 0.232 e. The van der Waals surface area contributed by atoms with E-state index in [1.54, 1.807) is 6.92 Å². The van der Waals surface area contributed by atoms with Crippen LogP contribution in [-0.2, 0) is 9.59 Å². The molecule has 1 fully saturated rings. The number of hydrogen-bond donors (Lipinski definition) is 1. The Labute approximate surface area is 120 Å². The number of carbonyl (C=O) groups excluding carboxylic acids is 2. The molecule has 0 amide bonds. The van der Waals surface area contributed by atoms with Gasteiger partial charge in [0.1, 0.15) is 5.76 Å². The molecule has 1 N–H and O–H groups in total. The summed E-state index contributed by atoms with van der Waals surface area (Å²) in [5.74, 6) is -0.169. The first-order chi connectivity index (χ1) is 9.52. The van der Waals surface area contributed by atoms with Gasteiger partial charge in [-0.05, 0) is 32.6 Å². The molecule has 0 radical (unpaired) electrons. The molecule has 0 bridgehead atoms. The largest absolute Gasteiger partial charge is 0.507 e. The van der Waals surface area contributed by atoms with Gasteiger partial charge in [-0.3, -0.25) is 9.59 Å². The third-order valence-electron chi connectivity index (χ3n) is 4.75. The second kappa shape index (κ2) is 6.38. The highest BCUT2D eigenvalue weighted by Gasteiger charge is 2.30.